The van der Waals surface area contributed by atoms with Gasteiger partial charge >= 0.3 is 5.82 Å². The van der Waals surface area contributed by atoms with E-state index in [9.17, 15) is 10.1 Å². The summed E-state index contributed by atoms with van der Waals surface area (Å²) in [6, 6.07) is 3.82. The second-order valence-electron chi connectivity index (χ2n) is 4.17. The van der Waals surface area contributed by atoms with Gasteiger partial charge in [-0.1, -0.05) is 13.3 Å². The largest absolute Gasteiger partial charge is 0.386 e. The lowest BCUT2D eigenvalue weighted by Gasteiger charge is -2.05. The van der Waals surface area contributed by atoms with Crippen LogP contribution in [0.4, 0.5) is 11.5 Å². The molecule has 1 aromatic heterocycles. The Morgan fingerprint density at radius 2 is 2.50 bits per heavy atom. The number of nitrogens with one attached hydrogen (secondary N) is 1. The molecule has 2 rings (SSSR count). The quantitative estimate of drug-likeness (QED) is 0.613. The third-order valence-electron chi connectivity index (χ3n) is 2.88. The van der Waals surface area contributed by atoms with Gasteiger partial charge in [-0.15, -0.1) is 0 Å². The van der Waals surface area contributed by atoms with Crippen LogP contribution in [0.25, 0.3) is 0 Å². The number of nitro groups is 1. The van der Waals surface area contributed by atoms with Gasteiger partial charge in [0.15, 0.2) is 0 Å². The fourth-order valence-corrected chi connectivity index (χ4v) is 1.97. The van der Waals surface area contributed by atoms with Crippen molar-refractivity contribution in [3.63, 3.8) is 0 Å². The molecule has 1 aliphatic rings. The Morgan fingerprint density at radius 1 is 1.69 bits per heavy atom. The van der Waals surface area contributed by atoms with E-state index < -0.39 is 4.92 Å². The molecule has 0 saturated heterocycles. The molecule has 1 aromatic rings. The minimum Gasteiger partial charge on any atom is -0.375 e. The lowest BCUT2D eigenvalue weighted by molar-refractivity contribution is -0.388. The summed E-state index contributed by atoms with van der Waals surface area (Å²) in [6.45, 7) is 2.15. The van der Waals surface area contributed by atoms with Crippen LogP contribution in [0.15, 0.2) is 18.3 Å². The van der Waals surface area contributed by atoms with Gasteiger partial charge in [0, 0.05) is 6.04 Å². The second-order valence-corrected chi connectivity index (χ2v) is 4.17. The average Bonchev–Trinajstić information content (AvgIpc) is 2.97. The number of hydrogen-bond acceptors (Lipinski definition) is 4. The van der Waals surface area contributed by atoms with Crippen LogP contribution in [0.3, 0.4) is 0 Å². The number of rotatable bonds is 5. The topological polar surface area (TPSA) is 68.1 Å². The summed E-state index contributed by atoms with van der Waals surface area (Å²) in [6.07, 6.45) is 4.91. The molecule has 2 atom stereocenters. The van der Waals surface area contributed by atoms with Gasteiger partial charge in [-0.2, -0.15) is 0 Å². The van der Waals surface area contributed by atoms with Gasteiger partial charge in [-0.25, -0.2) is 0 Å². The SMILES string of the molecule is CCCC1CC1Nc1cccnc1[N+](=O)[O-]. The zero-order chi connectivity index (χ0) is 11.5. The molecule has 0 aromatic carbocycles. The van der Waals surface area contributed by atoms with E-state index in [-0.39, 0.29) is 5.82 Å². The number of anilines is 1. The molecule has 0 aliphatic heterocycles. The Bertz CT molecular complexity index is 395. The van der Waals surface area contributed by atoms with E-state index in [0.29, 0.717) is 17.6 Å². The molecular weight excluding hydrogens is 206 g/mol. The number of aromatic nitrogens is 1. The van der Waals surface area contributed by atoms with Crippen molar-refractivity contribution in [2.45, 2.75) is 32.2 Å². The Hall–Kier alpha value is -1.65. The highest BCUT2D eigenvalue weighted by molar-refractivity contribution is 5.57. The first-order chi connectivity index (χ1) is 7.72. The molecule has 86 valence electrons. The van der Waals surface area contributed by atoms with Gasteiger partial charge in [0.2, 0.25) is 0 Å². The Labute approximate surface area is 94.0 Å². The van der Waals surface area contributed by atoms with E-state index in [1.165, 1.54) is 12.6 Å². The summed E-state index contributed by atoms with van der Waals surface area (Å²) in [5.74, 6) is 0.592. The molecule has 5 nitrogen and oxygen atoms in total. The van der Waals surface area contributed by atoms with Crippen LogP contribution in [0.2, 0.25) is 0 Å². The molecule has 1 heterocycles. The van der Waals surface area contributed by atoms with Crippen molar-refractivity contribution in [3.05, 3.63) is 28.4 Å². The van der Waals surface area contributed by atoms with Gasteiger partial charge < -0.3 is 15.4 Å². The standard InChI is InChI=1S/C11H15N3O2/c1-2-4-8-7-10(8)13-9-5-3-6-12-11(9)14(15)16/h3,5-6,8,10,13H,2,4,7H2,1H3. The minimum absolute atomic E-state index is 0.0790. The highest BCUT2D eigenvalue weighted by atomic mass is 16.6. The molecule has 1 aliphatic carbocycles. The molecule has 0 radical (unpaired) electrons. The van der Waals surface area contributed by atoms with E-state index in [0.717, 1.165) is 12.8 Å². The van der Waals surface area contributed by atoms with Crippen molar-refractivity contribution >= 4 is 11.5 Å². The van der Waals surface area contributed by atoms with Crippen LogP contribution in [-0.4, -0.2) is 15.9 Å². The predicted molar refractivity (Wildman–Crippen MR) is 61.3 cm³/mol. The van der Waals surface area contributed by atoms with Crippen LogP contribution < -0.4 is 5.32 Å². The molecule has 1 fully saturated rings. The normalized spacial score (nSPS) is 22.8. The van der Waals surface area contributed by atoms with Gasteiger partial charge in [-0.3, -0.25) is 0 Å². The lowest BCUT2D eigenvalue weighted by Crippen LogP contribution is -2.07. The summed E-state index contributed by atoms with van der Waals surface area (Å²) in [7, 11) is 0. The van der Waals surface area contributed by atoms with Crippen molar-refractivity contribution in [1.29, 1.82) is 0 Å². The maximum Gasteiger partial charge on any atom is 0.386 e. The maximum atomic E-state index is 10.7. The van der Waals surface area contributed by atoms with E-state index in [4.69, 9.17) is 0 Å². The maximum absolute atomic E-state index is 10.7. The van der Waals surface area contributed by atoms with E-state index in [1.54, 1.807) is 12.1 Å². The molecule has 1 N–H and O–H groups in total. The first kappa shape index (κ1) is 10.9. The third kappa shape index (κ3) is 2.29. The van der Waals surface area contributed by atoms with E-state index >= 15 is 0 Å². The van der Waals surface area contributed by atoms with Gasteiger partial charge in [0.1, 0.15) is 11.9 Å². The average molecular weight is 221 g/mol. The molecule has 0 spiro atoms. The molecule has 16 heavy (non-hydrogen) atoms. The molecule has 0 bridgehead atoms. The first-order valence-electron chi connectivity index (χ1n) is 5.58. The molecular formula is C11H15N3O2. The first-order valence-corrected chi connectivity index (χ1v) is 5.58. The Balaban J connectivity index is 2.02. The van der Waals surface area contributed by atoms with Gasteiger partial charge in [-0.05, 0) is 40.8 Å². The van der Waals surface area contributed by atoms with Gasteiger partial charge in [0.05, 0.1) is 0 Å². The summed E-state index contributed by atoms with van der Waals surface area (Å²) >= 11 is 0. The van der Waals surface area contributed by atoms with Crippen molar-refractivity contribution in [2.75, 3.05) is 5.32 Å². The molecule has 2 unspecified atom stereocenters. The number of nitrogens with zero attached hydrogens (tertiary/aromatic N) is 2. The summed E-state index contributed by atoms with van der Waals surface area (Å²) in [4.78, 5) is 14.1. The van der Waals surface area contributed by atoms with Crippen LogP contribution in [0, 0.1) is 16.0 Å². The van der Waals surface area contributed by atoms with Gasteiger partial charge in [0.25, 0.3) is 0 Å². The third-order valence-corrected chi connectivity index (χ3v) is 2.88. The zero-order valence-electron chi connectivity index (χ0n) is 9.22. The number of pyridine rings is 1. The van der Waals surface area contributed by atoms with E-state index in [1.807, 2.05) is 0 Å². The predicted octanol–water partition coefficient (Wildman–Crippen LogP) is 2.59. The summed E-state index contributed by atoms with van der Waals surface area (Å²) < 4.78 is 0. The van der Waals surface area contributed by atoms with Crippen LogP contribution in [-0.2, 0) is 0 Å². The van der Waals surface area contributed by atoms with Crippen LogP contribution in [0.5, 0.6) is 0 Å². The fourth-order valence-electron chi connectivity index (χ4n) is 1.97. The number of hydrogen-bond donors (Lipinski definition) is 1. The van der Waals surface area contributed by atoms with Crippen LogP contribution in [0.1, 0.15) is 26.2 Å². The van der Waals surface area contributed by atoms with E-state index in [2.05, 4.69) is 17.2 Å². The Morgan fingerprint density at radius 3 is 3.19 bits per heavy atom. The summed E-state index contributed by atoms with van der Waals surface area (Å²) in [5, 5.41) is 13.9. The monoisotopic (exact) mass is 221 g/mol. The smallest absolute Gasteiger partial charge is 0.375 e. The van der Waals surface area contributed by atoms with Crippen molar-refractivity contribution in [3.8, 4) is 0 Å². The Kier molecular flexibility index (Phi) is 3.03. The van der Waals surface area contributed by atoms with Crippen LogP contribution >= 0.6 is 0 Å². The molecule has 0 amide bonds. The van der Waals surface area contributed by atoms with Crippen molar-refractivity contribution < 1.29 is 4.92 Å². The second kappa shape index (κ2) is 4.47. The summed E-state index contributed by atoms with van der Waals surface area (Å²) in [5.41, 5.74) is 0.538. The fraction of sp³-hybridized carbons (Fsp3) is 0.545. The minimum atomic E-state index is -0.445. The van der Waals surface area contributed by atoms with Crippen molar-refractivity contribution in [2.24, 2.45) is 5.92 Å². The lowest BCUT2D eigenvalue weighted by atomic mass is 10.2. The zero-order valence-corrected chi connectivity index (χ0v) is 9.22. The highest BCUT2D eigenvalue weighted by Crippen LogP contribution is 2.38. The molecule has 1 saturated carbocycles. The highest BCUT2D eigenvalue weighted by Gasteiger charge is 2.37. The molecule has 5 heteroatoms. The van der Waals surface area contributed by atoms with Crippen molar-refractivity contribution in [1.82, 2.24) is 4.98 Å².